The van der Waals surface area contributed by atoms with Crippen LogP contribution in [0.15, 0.2) is 41.0 Å². The molecule has 0 saturated carbocycles. The third-order valence-corrected chi connectivity index (χ3v) is 3.24. The zero-order chi connectivity index (χ0) is 13.8. The van der Waals surface area contributed by atoms with Crippen molar-refractivity contribution in [2.24, 2.45) is 0 Å². The Balaban J connectivity index is 2.15. The summed E-state index contributed by atoms with van der Waals surface area (Å²) >= 11 is 3.42. The van der Waals surface area contributed by atoms with Crippen molar-refractivity contribution < 1.29 is 9.53 Å². The fraction of sp³-hybridized carbons (Fsp3) is 0.143. The molecular formula is C14H13BrN2O2. The van der Waals surface area contributed by atoms with Crippen LogP contribution in [0.2, 0.25) is 0 Å². The molecule has 1 aromatic carbocycles. The fourth-order valence-electron chi connectivity index (χ4n) is 1.55. The van der Waals surface area contributed by atoms with E-state index >= 15 is 0 Å². The monoisotopic (exact) mass is 320 g/mol. The van der Waals surface area contributed by atoms with Crippen LogP contribution in [0.3, 0.4) is 0 Å². The van der Waals surface area contributed by atoms with E-state index in [0.29, 0.717) is 11.4 Å². The maximum Gasteiger partial charge on any atom is 0.257 e. The molecule has 2 rings (SSSR count). The molecule has 0 bridgehead atoms. The van der Waals surface area contributed by atoms with Gasteiger partial charge < -0.3 is 10.1 Å². The maximum atomic E-state index is 12.0. The minimum Gasteiger partial charge on any atom is -0.481 e. The molecule has 19 heavy (non-hydrogen) atoms. The lowest BCUT2D eigenvalue weighted by atomic mass is 10.2. The van der Waals surface area contributed by atoms with Crippen LogP contribution in [0, 0.1) is 6.92 Å². The molecule has 0 aliphatic heterocycles. The Labute approximate surface area is 119 Å². The van der Waals surface area contributed by atoms with E-state index in [4.69, 9.17) is 4.74 Å². The van der Waals surface area contributed by atoms with Gasteiger partial charge in [-0.25, -0.2) is 4.98 Å². The number of anilines is 1. The van der Waals surface area contributed by atoms with Crippen molar-refractivity contribution in [2.75, 3.05) is 12.4 Å². The Morgan fingerprint density at radius 1 is 1.32 bits per heavy atom. The fourth-order valence-corrected chi connectivity index (χ4v) is 2.14. The number of amides is 1. The van der Waals surface area contributed by atoms with Crippen LogP contribution in [0.5, 0.6) is 5.88 Å². The number of carbonyl (C=O) groups excluding carboxylic acids is 1. The zero-order valence-corrected chi connectivity index (χ0v) is 12.2. The molecule has 1 N–H and O–H groups in total. The summed E-state index contributed by atoms with van der Waals surface area (Å²) in [6.45, 7) is 1.99. The number of carbonyl (C=O) groups is 1. The summed E-state index contributed by atoms with van der Waals surface area (Å²) in [6, 6.07) is 9.06. The summed E-state index contributed by atoms with van der Waals surface area (Å²) in [7, 11) is 1.53. The van der Waals surface area contributed by atoms with Crippen molar-refractivity contribution in [3.05, 3.63) is 52.1 Å². The smallest absolute Gasteiger partial charge is 0.257 e. The van der Waals surface area contributed by atoms with Crippen molar-refractivity contribution >= 4 is 27.5 Å². The molecule has 4 nitrogen and oxygen atoms in total. The Morgan fingerprint density at radius 3 is 2.68 bits per heavy atom. The topological polar surface area (TPSA) is 51.2 Å². The first-order valence-electron chi connectivity index (χ1n) is 5.67. The van der Waals surface area contributed by atoms with E-state index < -0.39 is 0 Å². The zero-order valence-electron chi connectivity index (χ0n) is 10.6. The average molecular weight is 321 g/mol. The summed E-state index contributed by atoms with van der Waals surface area (Å²) < 4.78 is 5.80. The molecule has 0 saturated heterocycles. The Hall–Kier alpha value is -1.88. The lowest BCUT2D eigenvalue weighted by Gasteiger charge is -2.08. The molecule has 0 spiro atoms. The number of hydrogen-bond donors (Lipinski definition) is 1. The first kappa shape index (κ1) is 13.5. The number of rotatable bonds is 3. The van der Waals surface area contributed by atoms with Gasteiger partial charge in [0.05, 0.1) is 18.4 Å². The van der Waals surface area contributed by atoms with Crippen LogP contribution < -0.4 is 10.1 Å². The molecule has 5 heteroatoms. The molecule has 2 aromatic rings. The Bertz CT molecular complexity index is 597. The highest BCUT2D eigenvalue weighted by atomic mass is 79.9. The predicted octanol–water partition coefficient (Wildman–Crippen LogP) is 3.41. The molecular weight excluding hydrogens is 308 g/mol. The third-order valence-electron chi connectivity index (χ3n) is 2.58. The van der Waals surface area contributed by atoms with Gasteiger partial charge >= 0.3 is 0 Å². The van der Waals surface area contributed by atoms with Gasteiger partial charge in [-0.2, -0.15) is 0 Å². The van der Waals surface area contributed by atoms with Crippen molar-refractivity contribution in [1.29, 1.82) is 0 Å². The lowest BCUT2D eigenvalue weighted by molar-refractivity contribution is 0.102. The van der Waals surface area contributed by atoms with E-state index in [1.54, 1.807) is 12.1 Å². The highest BCUT2D eigenvalue weighted by molar-refractivity contribution is 9.10. The molecule has 0 aliphatic rings. The first-order valence-corrected chi connectivity index (χ1v) is 6.47. The van der Waals surface area contributed by atoms with Gasteiger partial charge in [0.2, 0.25) is 5.88 Å². The molecule has 0 atom stereocenters. The summed E-state index contributed by atoms with van der Waals surface area (Å²) in [6.07, 6.45) is 1.48. The van der Waals surface area contributed by atoms with E-state index in [-0.39, 0.29) is 5.91 Å². The van der Waals surface area contributed by atoms with E-state index in [0.717, 1.165) is 15.7 Å². The summed E-state index contributed by atoms with van der Waals surface area (Å²) in [5.41, 5.74) is 2.33. The number of aryl methyl sites for hydroxylation is 1. The molecule has 1 amide bonds. The Morgan fingerprint density at radius 2 is 2.11 bits per heavy atom. The van der Waals surface area contributed by atoms with Gasteiger partial charge in [0, 0.05) is 16.7 Å². The first-order chi connectivity index (χ1) is 9.10. The number of ether oxygens (including phenoxy) is 1. The number of nitrogens with one attached hydrogen (secondary N) is 1. The lowest BCUT2D eigenvalue weighted by Crippen LogP contribution is -2.12. The molecule has 1 aromatic heterocycles. The van der Waals surface area contributed by atoms with Crippen LogP contribution in [-0.2, 0) is 0 Å². The molecule has 0 radical (unpaired) electrons. The van der Waals surface area contributed by atoms with E-state index in [9.17, 15) is 4.79 Å². The second kappa shape index (κ2) is 5.84. The van der Waals surface area contributed by atoms with Gasteiger partial charge in [-0.3, -0.25) is 4.79 Å². The highest BCUT2D eigenvalue weighted by Gasteiger charge is 2.09. The number of nitrogens with zero attached hydrogens (tertiary/aromatic N) is 1. The SMILES string of the molecule is COc1ccc(C(=O)Nc2ccc(C)cc2Br)cn1. The average Bonchev–Trinajstić information content (AvgIpc) is 2.42. The summed E-state index contributed by atoms with van der Waals surface area (Å²) in [5.74, 6) is 0.271. The normalized spacial score (nSPS) is 10.1. The van der Waals surface area contributed by atoms with Gasteiger partial charge in [0.15, 0.2) is 0 Å². The second-order valence-corrected chi connectivity index (χ2v) is 4.88. The van der Waals surface area contributed by atoms with E-state index in [1.165, 1.54) is 13.3 Å². The van der Waals surface area contributed by atoms with Gasteiger partial charge in [-0.1, -0.05) is 6.07 Å². The number of aromatic nitrogens is 1. The van der Waals surface area contributed by atoms with Crippen LogP contribution >= 0.6 is 15.9 Å². The number of benzene rings is 1. The third kappa shape index (κ3) is 3.32. The minimum atomic E-state index is -0.209. The Kier molecular flexibility index (Phi) is 4.16. The second-order valence-electron chi connectivity index (χ2n) is 4.03. The van der Waals surface area contributed by atoms with E-state index in [2.05, 4.69) is 26.2 Å². The van der Waals surface area contributed by atoms with Crippen LogP contribution in [0.4, 0.5) is 5.69 Å². The summed E-state index contributed by atoms with van der Waals surface area (Å²) in [4.78, 5) is 16.0. The number of hydrogen-bond acceptors (Lipinski definition) is 3. The number of halogens is 1. The van der Waals surface area contributed by atoms with Crippen LogP contribution in [0.1, 0.15) is 15.9 Å². The standard InChI is InChI=1S/C14H13BrN2O2/c1-9-3-5-12(11(15)7-9)17-14(18)10-4-6-13(19-2)16-8-10/h3-8H,1-2H3,(H,17,18). The molecule has 98 valence electrons. The molecule has 0 unspecified atom stereocenters. The highest BCUT2D eigenvalue weighted by Crippen LogP contribution is 2.23. The van der Waals surface area contributed by atoms with Crippen LogP contribution in [0.25, 0.3) is 0 Å². The van der Waals surface area contributed by atoms with Crippen molar-refractivity contribution in [3.8, 4) is 5.88 Å². The molecule has 1 heterocycles. The number of pyridine rings is 1. The molecule has 0 fully saturated rings. The van der Waals surface area contributed by atoms with Crippen molar-refractivity contribution in [3.63, 3.8) is 0 Å². The van der Waals surface area contributed by atoms with Gasteiger partial charge in [-0.15, -0.1) is 0 Å². The van der Waals surface area contributed by atoms with Gasteiger partial charge in [0.25, 0.3) is 5.91 Å². The van der Waals surface area contributed by atoms with E-state index in [1.807, 2.05) is 25.1 Å². The maximum absolute atomic E-state index is 12.0. The summed E-state index contributed by atoms with van der Waals surface area (Å²) in [5, 5.41) is 2.82. The van der Waals surface area contributed by atoms with Gasteiger partial charge in [0.1, 0.15) is 0 Å². The predicted molar refractivity (Wildman–Crippen MR) is 77.6 cm³/mol. The van der Waals surface area contributed by atoms with Gasteiger partial charge in [-0.05, 0) is 46.6 Å². The minimum absolute atomic E-state index is 0.209. The van der Waals surface area contributed by atoms with Crippen molar-refractivity contribution in [2.45, 2.75) is 6.92 Å². The van der Waals surface area contributed by atoms with Crippen LogP contribution in [-0.4, -0.2) is 18.0 Å². The molecule has 0 aliphatic carbocycles. The largest absolute Gasteiger partial charge is 0.481 e. The number of methoxy groups -OCH3 is 1. The quantitative estimate of drug-likeness (QED) is 0.942. The van der Waals surface area contributed by atoms with Crippen molar-refractivity contribution in [1.82, 2.24) is 4.98 Å².